The molecule has 9 aromatic rings. The third-order valence-corrected chi connectivity index (χ3v) is 11.3. The number of halogens is 1. The lowest BCUT2D eigenvalue weighted by Gasteiger charge is -2.32. The van der Waals surface area contributed by atoms with Crippen molar-refractivity contribution in [3.05, 3.63) is 151 Å². The summed E-state index contributed by atoms with van der Waals surface area (Å²) in [4.78, 5) is 18.1. The molecule has 0 radical (unpaired) electrons. The lowest BCUT2D eigenvalue weighted by Crippen LogP contribution is -2.41. The van der Waals surface area contributed by atoms with Crippen molar-refractivity contribution in [3.63, 3.8) is 0 Å². The summed E-state index contributed by atoms with van der Waals surface area (Å²) in [5.41, 5.74) is 6.62. The fourth-order valence-corrected chi connectivity index (χ4v) is 7.95. The van der Waals surface area contributed by atoms with E-state index in [0.29, 0.717) is 0 Å². The number of aromatic nitrogens is 4. The third-order valence-electron chi connectivity index (χ3n) is 10.8. The monoisotopic (exact) mass is 766 g/mol. The quantitative estimate of drug-likeness (QED) is 0.132. The van der Waals surface area contributed by atoms with Gasteiger partial charge in [-0.2, -0.15) is 0 Å². The molecule has 5 aromatic carbocycles. The predicted molar refractivity (Wildman–Crippen MR) is 226 cm³/mol. The Bertz CT molecular complexity index is 2790. The van der Waals surface area contributed by atoms with Crippen molar-refractivity contribution in [2.45, 2.75) is 38.9 Å². The molecule has 262 valence electrons. The summed E-state index contributed by atoms with van der Waals surface area (Å²) in [5.74, 6) is 0. The number of hydrogen-bond acceptors (Lipinski definition) is 6. The van der Waals surface area contributed by atoms with Gasteiger partial charge in [0.05, 0.1) is 27.8 Å². The van der Waals surface area contributed by atoms with Gasteiger partial charge in [0.2, 0.25) is 0 Å². The van der Waals surface area contributed by atoms with Crippen molar-refractivity contribution in [1.29, 1.82) is 0 Å². The highest BCUT2D eigenvalue weighted by atomic mass is 79.9. The van der Waals surface area contributed by atoms with Crippen LogP contribution in [0.3, 0.4) is 0 Å². The summed E-state index contributed by atoms with van der Waals surface area (Å²) in [6.07, 6.45) is 9.11. The van der Waals surface area contributed by atoms with Gasteiger partial charge >= 0.3 is 7.12 Å². The highest BCUT2D eigenvalue weighted by Gasteiger charge is 2.52. The molecule has 0 N–H and O–H groups in total. The minimum atomic E-state index is -0.503. The summed E-state index contributed by atoms with van der Waals surface area (Å²) >= 11 is 3.58. The first-order valence-corrected chi connectivity index (χ1v) is 18.9. The Kier molecular flexibility index (Phi) is 8.50. The summed E-state index contributed by atoms with van der Waals surface area (Å²) < 4.78 is 13.7. The molecule has 1 saturated heterocycles. The Balaban J connectivity index is 0.000000171. The first-order valence-electron chi connectivity index (χ1n) is 18.1. The van der Waals surface area contributed by atoms with E-state index in [4.69, 9.17) is 19.3 Å². The third kappa shape index (κ3) is 5.91. The van der Waals surface area contributed by atoms with Gasteiger partial charge in [-0.15, -0.1) is 0 Å². The van der Waals surface area contributed by atoms with Gasteiger partial charge in [0.25, 0.3) is 0 Å². The summed E-state index contributed by atoms with van der Waals surface area (Å²) in [5, 5.41) is 9.36. The maximum Gasteiger partial charge on any atom is 0.514 e. The highest BCUT2D eigenvalue weighted by molar-refractivity contribution is 9.10. The maximum absolute atomic E-state index is 6.33. The lowest BCUT2D eigenvalue weighted by molar-refractivity contribution is 0.00578. The average Bonchev–Trinajstić information content (AvgIpc) is 3.43. The SMILES string of the molecule is Brc1cc(-c2ccncc2)cc(-c2ccncc2)c1.CC1(C)OB(c2ccc3c(n2)c2ccccc2c2c4cccnc4c4ccccc4c32)OC1(C)C. The van der Waals surface area contributed by atoms with Crippen LogP contribution in [0.4, 0.5) is 0 Å². The normalized spacial score (nSPS) is 14.9. The number of benzene rings is 5. The zero-order valence-electron chi connectivity index (χ0n) is 30.4. The van der Waals surface area contributed by atoms with Gasteiger partial charge in [0.1, 0.15) is 0 Å². The van der Waals surface area contributed by atoms with Gasteiger partial charge in [-0.1, -0.05) is 76.6 Å². The Morgan fingerprint density at radius 3 is 1.52 bits per heavy atom. The van der Waals surface area contributed by atoms with Crippen LogP contribution in [0.25, 0.3) is 76.4 Å². The molecule has 0 spiro atoms. The molecule has 4 aromatic heterocycles. The van der Waals surface area contributed by atoms with E-state index in [0.717, 1.165) is 53.8 Å². The minimum absolute atomic E-state index is 0.415. The van der Waals surface area contributed by atoms with Crippen LogP contribution in [-0.4, -0.2) is 38.3 Å². The van der Waals surface area contributed by atoms with Crippen LogP contribution in [0.2, 0.25) is 0 Å². The van der Waals surface area contributed by atoms with Gasteiger partial charge in [-0.3, -0.25) is 19.9 Å². The smallest absolute Gasteiger partial charge is 0.398 e. The fourth-order valence-electron chi connectivity index (χ4n) is 7.45. The second kappa shape index (κ2) is 13.4. The van der Waals surface area contributed by atoms with Crippen molar-refractivity contribution in [2.75, 3.05) is 0 Å². The van der Waals surface area contributed by atoms with Crippen LogP contribution < -0.4 is 5.59 Å². The molecule has 8 heteroatoms. The Morgan fingerprint density at radius 1 is 0.481 bits per heavy atom. The molecular formula is C46H36BBrN4O2. The van der Waals surface area contributed by atoms with Crippen LogP contribution in [-0.2, 0) is 9.31 Å². The molecule has 0 unspecified atom stereocenters. The van der Waals surface area contributed by atoms with E-state index in [1.807, 2.05) is 61.3 Å². The Hall–Kier alpha value is -5.54. The van der Waals surface area contributed by atoms with Gasteiger partial charge in [-0.05, 0) is 115 Å². The van der Waals surface area contributed by atoms with Crippen LogP contribution in [0, 0.1) is 0 Å². The first kappa shape index (κ1) is 34.2. The molecule has 10 rings (SSSR count). The molecule has 1 aliphatic heterocycles. The molecule has 6 nitrogen and oxygen atoms in total. The van der Waals surface area contributed by atoms with Crippen LogP contribution in [0.5, 0.6) is 0 Å². The van der Waals surface area contributed by atoms with E-state index in [-0.39, 0.29) is 0 Å². The molecule has 1 fully saturated rings. The number of pyridine rings is 4. The Morgan fingerprint density at radius 2 is 0.963 bits per heavy atom. The predicted octanol–water partition coefficient (Wildman–Crippen LogP) is 11.1. The van der Waals surface area contributed by atoms with Crippen LogP contribution in [0.15, 0.2) is 151 Å². The van der Waals surface area contributed by atoms with Gasteiger partial charge in [0.15, 0.2) is 0 Å². The molecule has 0 saturated carbocycles. The zero-order valence-corrected chi connectivity index (χ0v) is 32.0. The molecule has 0 atom stereocenters. The second-order valence-electron chi connectivity index (χ2n) is 14.7. The minimum Gasteiger partial charge on any atom is -0.398 e. The zero-order chi connectivity index (χ0) is 37.0. The number of hydrogen-bond donors (Lipinski definition) is 0. The second-order valence-corrected chi connectivity index (χ2v) is 15.6. The van der Waals surface area contributed by atoms with E-state index in [2.05, 4.69) is 139 Å². The van der Waals surface area contributed by atoms with E-state index in [1.165, 1.54) is 32.7 Å². The summed E-state index contributed by atoms with van der Waals surface area (Å²) in [6, 6.07) is 40.0. The van der Waals surface area contributed by atoms with Crippen molar-refractivity contribution in [3.8, 4) is 22.3 Å². The number of nitrogens with zero attached hydrogens (tertiary/aromatic N) is 4. The topological polar surface area (TPSA) is 70.0 Å². The van der Waals surface area contributed by atoms with E-state index < -0.39 is 18.3 Å². The van der Waals surface area contributed by atoms with E-state index >= 15 is 0 Å². The standard InChI is InChI=1S/C30H25BN2O2.C16H11BrN2/c1-29(2)30(3,4)35-31(34-29)24-16-15-23-26-18-10-5-7-12-20(18)27-22(14-9-17-32-27)25(26)19-11-6-8-13-21(19)28(23)33-24;17-16-10-14(12-1-5-18-6-2-12)9-15(11-16)13-3-7-19-8-4-13/h5-17H,1-4H3;1-11H. The van der Waals surface area contributed by atoms with Crippen LogP contribution in [0.1, 0.15) is 27.7 Å². The van der Waals surface area contributed by atoms with Gasteiger partial charge in [0, 0.05) is 67.8 Å². The molecule has 5 heterocycles. The van der Waals surface area contributed by atoms with Crippen molar-refractivity contribution >= 4 is 82.8 Å². The van der Waals surface area contributed by atoms with Gasteiger partial charge in [-0.25, -0.2) is 0 Å². The van der Waals surface area contributed by atoms with E-state index in [1.54, 1.807) is 0 Å². The first-order chi connectivity index (χ1) is 26.2. The summed E-state index contributed by atoms with van der Waals surface area (Å²) in [7, 11) is -0.503. The largest absolute Gasteiger partial charge is 0.514 e. The maximum atomic E-state index is 6.33. The Labute approximate surface area is 322 Å². The summed E-state index contributed by atoms with van der Waals surface area (Å²) in [6.45, 7) is 8.29. The van der Waals surface area contributed by atoms with Crippen molar-refractivity contribution < 1.29 is 9.31 Å². The van der Waals surface area contributed by atoms with Gasteiger partial charge < -0.3 is 9.31 Å². The number of fused-ring (bicyclic) bond motifs is 11. The van der Waals surface area contributed by atoms with Crippen molar-refractivity contribution in [1.82, 2.24) is 19.9 Å². The number of rotatable bonds is 3. The van der Waals surface area contributed by atoms with E-state index in [9.17, 15) is 0 Å². The molecule has 0 aliphatic carbocycles. The molecule has 0 amide bonds. The highest BCUT2D eigenvalue weighted by Crippen LogP contribution is 2.43. The van der Waals surface area contributed by atoms with Crippen molar-refractivity contribution in [2.24, 2.45) is 0 Å². The van der Waals surface area contributed by atoms with Crippen LogP contribution >= 0.6 is 15.9 Å². The fraction of sp³-hybridized carbons (Fsp3) is 0.130. The molecular weight excluding hydrogens is 731 g/mol. The lowest BCUT2D eigenvalue weighted by atomic mass is 9.83. The molecule has 1 aliphatic rings. The average molecular weight is 768 g/mol. The molecule has 54 heavy (non-hydrogen) atoms. The molecule has 0 bridgehead atoms.